The summed E-state index contributed by atoms with van der Waals surface area (Å²) >= 11 is 8.60. The van der Waals surface area contributed by atoms with Crippen LogP contribution in [0.3, 0.4) is 0 Å². The molecule has 0 unspecified atom stereocenters. The minimum Gasteiger partial charge on any atom is -0.490 e. The van der Waals surface area contributed by atoms with Gasteiger partial charge in [-0.1, -0.05) is 30.0 Å². The first kappa shape index (κ1) is 22.6. The highest BCUT2D eigenvalue weighted by atomic mass is 127. The zero-order valence-electron chi connectivity index (χ0n) is 16.3. The number of thioether (sulfide) groups is 1. The van der Waals surface area contributed by atoms with E-state index in [0.29, 0.717) is 35.2 Å². The maximum absolute atomic E-state index is 12.8. The van der Waals surface area contributed by atoms with E-state index >= 15 is 0 Å². The number of carbonyl (C=O) groups is 2. The normalized spacial score (nSPS) is 14.9. The van der Waals surface area contributed by atoms with Gasteiger partial charge in [0, 0.05) is 5.56 Å². The molecular weight excluding hydrogens is 535 g/mol. The number of nitrogens with zero attached hydrogens (tertiary/aromatic N) is 1. The van der Waals surface area contributed by atoms with Crippen molar-refractivity contribution in [3.8, 4) is 11.5 Å². The van der Waals surface area contributed by atoms with E-state index in [1.165, 1.54) is 0 Å². The molecule has 0 aromatic heterocycles. The minimum absolute atomic E-state index is 0.265. The second-order valence-corrected chi connectivity index (χ2v) is 8.86. The fourth-order valence-electron chi connectivity index (χ4n) is 2.69. The molecule has 6 nitrogen and oxygen atoms in total. The first-order chi connectivity index (χ1) is 14.4. The van der Waals surface area contributed by atoms with Crippen molar-refractivity contribution >= 4 is 68.8 Å². The van der Waals surface area contributed by atoms with Crippen molar-refractivity contribution in [2.75, 3.05) is 13.2 Å². The summed E-state index contributed by atoms with van der Waals surface area (Å²) in [6, 6.07) is 12.4. The quantitative estimate of drug-likeness (QED) is 0.306. The van der Waals surface area contributed by atoms with Crippen LogP contribution in [0.1, 0.15) is 29.8 Å². The molecule has 1 fully saturated rings. The third-order valence-corrected chi connectivity index (χ3v) is 6.06. The predicted molar refractivity (Wildman–Crippen MR) is 130 cm³/mol. The van der Waals surface area contributed by atoms with Gasteiger partial charge in [-0.25, -0.2) is 0 Å². The number of hydrogen-bond acceptors (Lipinski definition) is 6. The van der Waals surface area contributed by atoms with Crippen LogP contribution in [-0.4, -0.2) is 34.4 Å². The van der Waals surface area contributed by atoms with Crippen molar-refractivity contribution < 1.29 is 19.1 Å². The molecule has 0 atom stereocenters. The summed E-state index contributed by atoms with van der Waals surface area (Å²) in [5.74, 6) is 0.517. The zero-order valence-corrected chi connectivity index (χ0v) is 20.1. The van der Waals surface area contributed by atoms with Crippen molar-refractivity contribution in [2.24, 2.45) is 0 Å². The molecule has 0 spiro atoms. The van der Waals surface area contributed by atoms with Gasteiger partial charge < -0.3 is 9.47 Å². The van der Waals surface area contributed by atoms with Gasteiger partial charge in [0.1, 0.15) is 0 Å². The molecule has 3 rings (SSSR count). The number of halogens is 1. The lowest BCUT2D eigenvalue weighted by atomic mass is 10.2. The van der Waals surface area contributed by atoms with Crippen LogP contribution < -0.4 is 14.9 Å². The number of hydrazine groups is 1. The highest BCUT2D eigenvalue weighted by molar-refractivity contribution is 14.1. The number of thiocarbonyl (C=S) groups is 1. The largest absolute Gasteiger partial charge is 0.490 e. The Bertz CT molecular complexity index is 1010. The lowest BCUT2D eigenvalue weighted by Crippen LogP contribution is -2.44. The van der Waals surface area contributed by atoms with Gasteiger partial charge in [0.25, 0.3) is 11.8 Å². The fraction of sp³-hybridized carbons (Fsp3) is 0.190. The van der Waals surface area contributed by atoms with E-state index in [9.17, 15) is 9.59 Å². The highest BCUT2D eigenvalue weighted by Crippen LogP contribution is 2.37. The first-order valence-corrected chi connectivity index (χ1v) is 11.5. The molecular formula is C21H19IN2O4S2. The molecule has 1 saturated heterocycles. The highest BCUT2D eigenvalue weighted by Gasteiger charge is 2.34. The predicted octanol–water partition coefficient (Wildman–Crippen LogP) is 4.63. The summed E-state index contributed by atoms with van der Waals surface area (Å²) < 4.78 is 12.5. The molecule has 2 aromatic carbocycles. The molecule has 1 N–H and O–H groups in total. The van der Waals surface area contributed by atoms with Crippen molar-refractivity contribution in [3.63, 3.8) is 0 Å². The van der Waals surface area contributed by atoms with E-state index in [-0.39, 0.29) is 10.2 Å². The van der Waals surface area contributed by atoms with E-state index in [1.54, 1.807) is 30.3 Å². The van der Waals surface area contributed by atoms with Crippen LogP contribution in [0.4, 0.5) is 0 Å². The summed E-state index contributed by atoms with van der Waals surface area (Å²) in [6.45, 7) is 4.83. The maximum atomic E-state index is 12.8. The van der Waals surface area contributed by atoms with Gasteiger partial charge in [-0.3, -0.25) is 15.0 Å². The van der Waals surface area contributed by atoms with Gasteiger partial charge in [-0.05, 0) is 84.6 Å². The number of rotatable bonds is 7. The van der Waals surface area contributed by atoms with E-state index in [2.05, 4.69) is 28.0 Å². The van der Waals surface area contributed by atoms with E-state index < -0.39 is 5.91 Å². The van der Waals surface area contributed by atoms with Gasteiger partial charge >= 0.3 is 0 Å². The fourth-order valence-corrected chi connectivity index (χ4v) is 4.65. The van der Waals surface area contributed by atoms with E-state index in [1.807, 2.05) is 32.0 Å². The van der Waals surface area contributed by atoms with Gasteiger partial charge in [0.2, 0.25) is 0 Å². The molecule has 0 saturated carbocycles. The summed E-state index contributed by atoms with van der Waals surface area (Å²) in [5.41, 5.74) is 3.80. The Labute approximate surface area is 198 Å². The smallest absolute Gasteiger partial charge is 0.285 e. The van der Waals surface area contributed by atoms with Crippen molar-refractivity contribution in [1.82, 2.24) is 10.4 Å². The Morgan fingerprint density at radius 1 is 1.20 bits per heavy atom. The molecule has 2 aromatic rings. The molecule has 30 heavy (non-hydrogen) atoms. The molecule has 1 heterocycles. The third-order valence-electron chi connectivity index (χ3n) is 3.96. The average Bonchev–Trinajstić information content (AvgIpc) is 2.98. The topological polar surface area (TPSA) is 67.9 Å². The Balaban J connectivity index is 1.84. The molecule has 2 amide bonds. The number of carbonyl (C=O) groups excluding carboxylic acids is 2. The number of nitrogens with one attached hydrogen (secondary N) is 1. The average molecular weight is 554 g/mol. The number of ether oxygens (including phenoxy) is 2. The lowest BCUT2D eigenvalue weighted by molar-refractivity contribution is -0.123. The molecule has 1 aliphatic heterocycles. The third kappa shape index (κ3) is 5.13. The molecule has 9 heteroatoms. The van der Waals surface area contributed by atoms with Crippen LogP contribution in [0, 0.1) is 3.57 Å². The van der Waals surface area contributed by atoms with Crippen molar-refractivity contribution in [1.29, 1.82) is 0 Å². The van der Waals surface area contributed by atoms with E-state index in [0.717, 1.165) is 25.9 Å². The Hall–Kier alpha value is -2.11. The summed E-state index contributed by atoms with van der Waals surface area (Å²) in [5, 5.41) is 1.10. The molecule has 1 aliphatic rings. The van der Waals surface area contributed by atoms with Crippen molar-refractivity contribution in [3.05, 3.63) is 62.1 Å². The van der Waals surface area contributed by atoms with Gasteiger partial charge in [-0.15, -0.1) is 0 Å². The van der Waals surface area contributed by atoms with Crippen LogP contribution in [0.5, 0.6) is 11.5 Å². The molecule has 0 bridgehead atoms. The zero-order chi connectivity index (χ0) is 21.7. The van der Waals surface area contributed by atoms with Crippen LogP contribution in [0.15, 0.2) is 47.4 Å². The minimum atomic E-state index is -0.401. The Morgan fingerprint density at radius 2 is 1.90 bits per heavy atom. The lowest BCUT2D eigenvalue weighted by Gasteiger charge is -2.15. The van der Waals surface area contributed by atoms with Crippen LogP contribution >= 0.6 is 46.6 Å². The number of hydrogen-bond donors (Lipinski definition) is 1. The first-order valence-electron chi connectivity index (χ1n) is 9.17. The van der Waals surface area contributed by atoms with E-state index in [4.69, 9.17) is 21.7 Å². The molecule has 156 valence electrons. The number of amides is 2. The second kappa shape index (κ2) is 10.3. The van der Waals surface area contributed by atoms with Crippen LogP contribution in [-0.2, 0) is 4.79 Å². The van der Waals surface area contributed by atoms with Gasteiger partial charge in [-0.2, -0.15) is 5.01 Å². The van der Waals surface area contributed by atoms with Crippen molar-refractivity contribution in [2.45, 2.75) is 13.8 Å². The summed E-state index contributed by atoms with van der Waals surface area (Å²) in [6.07, 6.45) is 1.73. The van der Waals surface area contributed by atoms with Crippen LogP contribution in [0.2, 0.25) is 0 Å². The Morgan fingerprint density at radius 3 is 2.57 bits per heavy atom. The van der Waals surface area contributed by atoms with Gasteiger partial charge in [0.15, 0.2) is 15.8 Å². The molecule has 0 radical (unpaired) electrons. The summed E-state index contributed by atoms with van der Waals surface area (Å²) in [7, 11) is 0. The van der Waals surface area contributed by atoms with Gasteiger partial charge in [0.05, 0.1) is 21.7 Å². The summed E-state index contributed by atoms with van der Waals surface area (Å²) in [4.78, 5) is 25.6. The monoisotopic (exact) mass is 554 g/mol. The maximum Gasteiger partial charge on any atom is 0.285 e. The SMILES string of the molecule is CCOc1cc(/C=C2\SC(=S)N(NC(=O)c3ccccc3)C2=O)cc(I)c1OCC. The van der Waals surface area contributed by atoms with Crippen LogP contribution in [0.25, 0.3) is 6.08 Å². The Kier molecular flexibility index (Phi) is 7.73. The second-order valence-electron chi connectivity index (χ2n) is 6.02. The standard InChI is InChI=1S/C21H19IN2O4S2/c1-3-27-16-11-13(10-15(22)18(16)28-4-2)12-17-20(26)24(21(29)30-17)23-19(25)14-8-6-5-7-9-14/h5-12H,3-4H2,1-2H3,(H,23,25)/b17-12-. The number of benzene rings is 2. The molecule has 0 aliphatic carbocycles.